The smallest absolute Gasteiger partial charge is 0.270 e. The number of nitrogens with zero attached hydrogens (tertiary/aromatic N) is 3. The van der Waals surface area contributed by atoms with Crippen LogP contribution in [0, 0.1) is 16.0 Å². The van der Waals surface area contributed by atoms with Crippen molar-refractivity contribution in [2.24, 2.45) is 5.92 Å². The van der Waals surface area contributed by atoms with E-state index in [9.17, 15) is 19.7 Å². The van der Waals surface area contributed by atoms with Gasteiger partial charge in [-0.3, -0.25) is 24.6 Å². The zero-order chi connectivity index (χ0) is 20.6. The zero-order valence-corrected chi connectivity index (χ0v) is 16.7. The number of hydrogen-bond donors (Lipinski definition) is 0. The second-order valence-electron chi connectivity index (χ2n) is 8.47. The molecule has 0 aromatic heterocycles. The van der Waals surface area contributed by atoms with Crippen LogP contribution in [0.2, 0.25) is 0 Å². The first-order chi connectivity index (χ1) is 13.9. The van der Waals surface area contributed by atoms with E-state index in [1.807, 2.05) is 4.90 Å². The van der Waals surface area contributed by atoms with Crippen LogP contribution < -0.4 is 0 Å². The number of nitro groups is 1. The molecule has 1 atom stereocenters. The lowest BCUT2D eigenvalue weighted by Gasteiger charge is -2.43. The quantitative estimate of drug-likeness (QED) is 0.573. The molecule has 1 aromatic rings. The van der Waals surface area contributed by atoms with Crippen LogP contribution in [0.4, 0.5) is 5.69 Å². The molecule has 0 radical (unpaired) electrons. The Bertz CT molecular complexity index is 812. The Morgan fingerprint density at radius 1 is 1.21 bits per heavy atom. The van der Waals surface area contributed by atoms with Crippen LogP contribution in [0.25, 0.3) is 0 Å². The summed E-state index contributed by atoms with van der Waals surface area (Å²) in [4.78, 5) is 40.8. The van der Waals surface area contributed by atoms with Crippen LogP contribution in [0.5, 0.6) is 0 Å². The average Bonchev–Trinajstić information content (AvgIpc) is 3.38. The predicted octanol–water partition coefficient (Wildman–Crippen LogP) is 2.96. The zero-order valence-electron chi connectivity index (χ0n) is 16.7. The summed E-state index contributed by atoms with van der Waals surface area (Å²) in [7, 11) is 0. The van der Waals surface area contributed by atoms with Crippen LogP contribution >= 0.6 is 0 Å². The van der Waals surface area contributed by atoms with Gasteiger partial charge in [-0.1, -0.05) is 13.0 Å². The summed E-state index contributed by atoms with van der Waals surface area (Å²) < 4.78 is 6.18. The molecule has 3 aliphatic rings. The highest BCUT2D eigenvalue weighted by molar-refractivity contribution is 5.99. The van der Waals surface area contributed by atoms with Gasteiger partial charge in [0.1, 0.15) is 11.8 Å². The minimum absolute atomic E-state index is 0.0724. The molecule has 1 saturated carbocycles. The molecule has 0 unspecified atom stereocenters. The Labute approximate surface area is 169 Å². The third-order valence-electron chi connectivity index (χ3n) is 6.54. The number of non-ortho nitro benzene ring substituents is 1. The Morgan fingerprint density at radius 2 is 1.90 bits per heavy atom. The maximum absolute atomic E-state index is 13.6. The number of ether oxygens (including phenoxy) is 1. The molecule has 2 amide bonds. The normalized spacial score (nSPS) is 29.4. The average molecular weight is 401 g/mol. The molecule has 0 bridgehead atoms. The maximum atomic E-state index is 13.6. The van der Waals surface area contributed by atoms with Crippen LogP contribution in [0.15, 0.2) is 24.3 Å². The summed E-state index contributed by atoms with van der Waals surface area (Å²) in [5.74, 6) is 0.113. The highest BCUT2D eigenvalue weighted by Gasteiger charge is 2.54. The van der Waals surface area contributed by atoms with E-state index in [0.717, 1.165) is 25.7 Å². The molecular formula is C21H27N3O5. The van der Waals surface area contributed by atoms with Gasteiger partial charge in [-0.25, -0.2) is 0 Å². The molecule has 156 valence electrons. The van der Waals surface area contributed by atoms with E-state index >= 15 is 0 Å². The fourth-order valence-electron chi connectivity index (χ4n) is 4.81. The number of nitro benzene ring substituents is 1. The van der Waals surface area contributed by atoms with Crippen LogP contribution in [0.1, 0.15) is 55.8 Å². The Kier molecular flexibility index (Phi) is 5.29. The Hall–Kier alpha value is -2.48. The number of rotatable bonds is 3. The van der Waals surface area contributed by atoms with Gasteiger partial charge >= 0.3 is 0 Å². The standard InChI is InChI=1S/C21H27N3O5/c1-15-7-9-21(10-8-15)23(18(14-29-21)20(26)22-11-2-3-12-22)19(25)16-5-4-6-17(13-16)24(27)28/h4-6,13,15,18H,2-3,7-12,14H2,1H3/t15?,18-,21?/m1/s1. The number of likely N-dealkylation sites (tertiary alicyclic amines) is 1. The lowest BCUT2D eigenvalue weighted by molar-refractivity contribution is -0.384. The largest absolute Gasteiger partial charge is 0.353 e. The van der Waals surface area contributed by atoms with Crippen molar-refractivity contribution in [3.05, 3.63) is 39.9 Å². The molecule has 4 rings (SSSR count). The first-order valence-corrected chi connectivity index (χ1v) is 10.4. The lowest BCUT2D eigenvalue weighted by atomic mass is 9.83. The number of amides is 2. The molecule has 1 aliphatic carbocycles. The fourth-order valence-corrected chi connectivity index (χ4v) is 4.81. The van der Waals surface area contributed by atoms with Crippen LogP contribution in [-0.4, -0.2) is 58.0 Å². The lowest BCUT2D eigenvalue weighted by Crippen LogP contribution is -2.57. The Balaban J connectivity index is 1.68. The fraction of sp³-hybridized carbons (Fsp3) is 0.619. The van der Waals surface area contributed by atoms with Crippen LogP contribution in [-0.2, 0) is 9.53 Å². The first kappa shape index (κ1) is 19.8. The number of carbonyl (C=O) groups is 2. The molecule has 0 N–H and O–H groups in total. The number of carbonyl (C=O) groups excluding carboxylic acids is 2. The molecule has 3 fully saturated rings. The summed E-state index contributed by atoms with van der Waals surface area (Å²) in [6.07, 6.45) is 5.14. The van der Waals surface area contributed by atoms with Crippen molar-refractivity contribution in [2.45, 2.75) is 57.2 Å². The summed E-state index contributed by atoms with van der Waals surface area (Å²) in [5.41, 5.74) is -0.708. The van der Waals surface area contributed by atoms with E-state index in [0.29, 0.717) is 31.8 Å². The van der Waals surface area contributed by atoms with Crippen molar-refractivity contribution >= 4 is 17.5 Å². The first-order valence-electron chi connectivity index (χ1n) is 10.4. The van der Waals surface area contributed by atoms with E-state index < -0.39 is 16.7 Å². The van der Waals surface area contributed by atoms with Crippen LogP contribution in [0.3, 0.4) is 0 Å². The predicted molar refractivity (Wildman–Crippen MR) is 105 cm³/mol. The van der Waals surface area contributed by atoms with Gasteiger partial charge in [-0.15, -0.1) is 0 Å². The minimum Gasteiger partial charge on any atom is -0.353 e. The van der Waals surface area contributed by atoms with Crippen molar-refractivity contribution < 1.29 is 19.2 Å². The molecule has 1 aromatic carbocycles. The summed E-state index contributed by atoms with van der Waals surface area (Å²) in [5, 5.41) is 11.2. The van der Waals surface area contributed by atoms with Gasteiger partial charge in [-0.05, 0) is 50.5 Å². The maximum Gasteiger partial charge on any atom is 0.270 e. The van der Waals surface area contributed by atoms with Gasteiger partial charge < -0.3 is 9.64 Å². The number of hydrogen-bond acceptors (Lipinski definition) is 5. The second-order valence-corrected chi connectivity index (χ2v) is 8.47. The highest BCUT2D eigenvalue weighted by Crippen LogP contribution is 2.43. The third kappa shape index (κ3) is 3.61. The van der Waals surface area contributed by atoms with E-state index in [1.54, 1.807) is 11.0 Å². The van der Waals surface area contributed by atoms with E-state index in [1.165, 1.54) is 18.2 Å². The molecule has 2 heterocycles. The van der Waals surface area contributed by atoms with Crippen molar-refractivity contribution in [3.8, 4) is 0 Å². The van der Waals surface area contributed by atoms with E-state index in [4.69, 9.17) is 4.74 Å². The number of benzene rings is 1. The van der Waals surface area contributed by atoms with Crippen molar-refractivity contribution in [3.63, 3.8) is 0 Å². The van der Waals surface area contributed by atoms with Gasteiger partial charge in [0.2, 0.25) is 5.91 Å². The summed E-state index contributed by atoms with van der Waals surface area (Å²) >= 11 is 0. The van der Waals surface area contributed by atoms with Gasteiger partial charge in [-0.2, -0.15) is 0 Å². The summed E-state index contributed by atoms with van der Waals surface area (Å²) in [6, 6.07) is 5.06. The highest BCUT2D eigenvalue weighted by atomic mass is 16.6. The Morgan fingerprint density at radius 3 is 2.55 bits per heavy atom. The molecular weight excluding hydrogens is 374 g/mol. The van der Waals surface area contributed by atoms with Crippen molar-refractivity contribution in [1.29, 1.82) is 0 Å². The van der Waals surface area contributed by atoms with Gasteiger partial charge in [0.05, 0.1) is 11.5 Å². The monoisotopic (exact) mass is 401 g/mol. The van der Waals surface area contributed by atoms with Crippen molar-refractivity contribution in [1.82, 2.24) is 9.80 Å². The molecule has 1 spiro atoms. The topological polar surface area (TPSA) is 93.0 Å². The minimum atomic E-state index is -0.797. The third-order valence-corrected chi connectivity index (χ3v) is 6.54. The summed E-state index contributed by atoms with van der Waals surface area (Å²) in [6.45, 7) is 3.78. The molecule has 2 aliphatic heterocycles. The van der Waals surface area contributed by atoms with Gasteiger partial charge in [0.25, 0.3) is 11.6 Å². The molecule has 8 heteroatoms. The van der Waals surface area contributed by atoms with Gasteiger partial charge in [0.15, 0.2) is 0 Å². The van der Waals surface area contributed by atoms with E-state index in [-0.39, 0.29) is 29.7 Å². The van der Waals surface area contributed by atoms with E-state index in [2.05, 4.69) is 6.92 Å². The van der Waals surface area contributed by atoms with Gasteiger partial charge in [0, 0.05) is 30.8 Å². The second kappa shape index (κ2) is 7.74. The molecule has 29 heavy (non-hydrogen) atoms. The van der Waals surface area contributed by atoms with Crippen molar-refractivity contribution in [2.75, 3.05) is 19.7 Å². The molecule has 2 saturated heterocycles. The SMILES string of the molecule is CC1CCC2(CC1)OC[C@H](C(=O)N1CCCC1)N2C(=O)c1cccc([N+](=O)[O-])c1. The molecule has 8 nitrogen and oxygen atoms in total.